The van der Waals surface area contributed by atoms with Crippen LogP contribution in [0.25, 0.3) is 0 Å². The van der Waals surface area contributed by atoms with Crippen LogP contribution in [0, 0.1) is 5.82 Å². The van der Waals surface area contributed by atoms with Crippen LogP contribution in [-0.4, -0.2) is 19.1 Å². The number of anilines is 1. The Kier molecular flexibility index (Phi) is 6.75. The van der Waals surface area contributed by atoms with E-state index in [4.69, 9.17) is 9.47 Å². The highest BCUT2D eigenvalue weighted by molar-refractivity contribution is 6.04. The predicted octanol–water partition coefficient (Wildman–Crippen LogP) is 4.40. The molecule has 0 spiro atoms. The molecule has 128 valence electrons. The van der Waals surface area contributed by atoms with E-state index in [2.05, 4.69) is 5.32 Å². The Labute approximate surface area is 141 Å². The second-order valence-electron chi connectivity index (χ2n) is 5.27. The number of hydrogen-bond acceptors (Lipinski definition) is 3. The first-order chi connectivity index (χ1) is 11.6. The van der Waals surface area contributed by atoms with Crippen molar-refractivity contribution in [2.24, 2.45) is 0 Å². The highest BCUT2D eigenvalue weighted by atomic mass is 19.1. The van der Waals surface area contributed by atoms with E-state index >= 15 is 0 Å². The summed E-state index contributed by atoms with van der Waals surface area (Å²) >= 11 is 0. The molecule has 4 nitrogen and oxygen atoms in total. The van der Waals surface area contributed by atoms with Crippen LogP contribution in [0.5, 0.6) is 5.75 Å². The molecule has 0 unspecified atom stereocenters. The van der Waals surface area contributed by atoms with Crippen molar-refractivity contribution in [2.75, 3.05) is 18.5 Å². The van der Waals surface area contributed by atoms with Crippen molar-refractivity contribution in [1.29, 1.82) is 0 Å². The van der Waals surface area contributed by atoms with Gasteiger partial charge in [-0.2, -0.15) is 0 Å². The molecule has 0 radical (unpaired) electrons. The highest BCUT2D eigenvalue weighted by Gasteiger charge is 2.11. The quantitative estimate of drug-likeness (QED) is 0.729. The van der Waals surface area contributed by atoms with Crippen molar-refractivity contribution >= 4 is 11.6 Å². The number of nitrogens with one attached hydrogen (secondary N) is 1. The van der Waals surface area contributed by atoms with Crippen molar-refractivity contribution in [2.45, 2.75) is 26.9 Å². The molecule has 0 aliphatic rings. The van der Waals surface area contributed by atoms with Crippen molar-refractivity contribution in [3.8, 4) is 5.75 Å². The van der Waals surface area contributed by atoms with Crippen LogP contribution in [0.1, 0.15) is 36.2 Å². The first kappa shape index (κ1) is 17.9. The molecule has 1 N–H and O–H groups in total. The van der Waals surface area contributed by atoms with Crippen LogP contribution >= 0.6 is 0 Å². The topological polar surface area (TPSA) is 47.6 Å². The SMILES string of the molecule is CCCOCc1cc(C(=O)Nc2cccc(F)c2)ccc1OCC. The molecular formula is C19H22FNO3. The maximum atomic E-state index is 13.2. The Morgan fingerprint density at radius 3 is 2.71 bits per heavy atom. The van der Waals surface area contributed by atoms with Gasteiger partial charge in [0, 0.05) is 23.4 Å². The van der Waals surface area contributed by atoms with Crippen LogP contribution in [0.15, 0.2) is 42.5 Å². The second kappa shape index (κ2) is 9.03. The second-order valence-corrected chi connectivity index (χ2v) is 5.27. The Morgan fingerprint density at radius 2 is 2.00 bits per heavy atom. The average Bonchev–Trinajstić information content (AvgIpc) is 2.56. The predicted molar refractivity (Wildman–Crippen MR) is 91.9 cm³/mol. The fraction of sp³-hybridized carbons (Fsp3) is 0.316. The van der Waals surface area contributed by atoms with Gasteiger partial charge in [0.25, 0.3) is 5.91 Å². The van der Waals surface area contributed by atoms with Gasteiger partial charge in [0.2, 0.25) is 0 Å². The summed E-state index contributed by atoms with van der Waals surface area (Å²) in [7, 11) is 0. The molecule has 2 aromatic carbocycles. The molecule has 0 saturated carbocycles. The molecule has 0 saturated heterocycles. The molecule has 0 aliphatic carbocycles. The largest absolute Gasteiger partial charge is 0.494 e. The van der Waals surface area contributed by atoms with E-state index in [0.717, 1.165) is 12.0 Å². The third kappa shape index (κ3) is 5.06. The Morgan fingerprint density at radius 1 is 1.17 bits per heavy atom. The lowest BCUT2D eigenvalue weighted by Gasteiger charge is -2.13. The monoisotopic (exact) mass is 331 g/mol. The minimum absolute atomic E-state index is 0.305. The molecule has 0 aliphatic heterocycles. The number of amides is 1. The number of hydrogen-bond donors (Lipinski definition) is 1. The molecule has 0 bridgehead atoms. The molecule has 0 aromatic heterocycles. The van der Waals surface area contributed by atoms with E-state index in [-0.39, 0.29) is 5.91 Å². The van der Waals surface area contributed by atoms with Gasteiger partial charge in [-0.25, -0.2) is 4.39 Å². The lowest BCUT2D eigenvalue weighted by Crippen LogP contribution is -2.13. The average molecular weight is 331 g/mol. The summed E-state index contributed by atoms with van der Waals surface area (Å²) in [4.78, 5) is 12.4. The Hall–Kier alpha value is -2.40. The number of halogens is 1. The highest BCUT2D eigenvalue weighted by Crippen LogP contribution is 2.22. The summed E-state index contributed by atoms with van der Waals surface area (Å²) in [6, 6.07) is 11.0. The summed E-state index contributed by atoms with van der Waals surface area (Å²) in [5.74, 6) is 0.00412. The van der Waals surface area contributed by atoms with Gasteiger partial charge in [0.15, 0.2) is 0 Å². The summed E-state index contributed by atoms with van der Waals surface area (Å²) in [6.45, 7) is 5.50. The molecule has 2 aromatic rings. The van der Waals surface area contributed by atoms with Crippen LogP contribution in [0.4, 0.5) is 10.1 Å². The molecule has 0 atom stereocenters. The lowest BCUT2D eigenvalue weighted by atomic mass is 10.1. The molecule has 0 heterocycles. The molecule has 1 amide bonds. The van der Waals surface area contributed by atoms with Gasteiger partial charge in [-0.1, -0.05) is 13.0 Å². The third-order valence-corrected chi connectivity index (χ3v) is 3.31. The van der Waals surface area contributed by atoms with Crippen molar-refractivity contribution < 1.29 is 18.7 Å². The van der Waals surface area contributed by atoms with Crippen molar-refractivity contribution in [3.05, 3.63) is 59.4 Å². The molecule has 24 heavy (non-hydrogen) atoms. The van der Waals surface area contributed by atoms with Gasteiger partial charge in [-0.05, 0) is 49.7 Å². The lowest BCUT2D eigenvalue weighted by molar-refractivity contribution is 0.102. The van der Waals surface area contributed by atoms with E-state index in [1.807, 2.05) is 13.8 Å². The van der Waals surface area contributed by atoms with Crippen LogP contribution < -0.4 is 10.1 Å². The van der Waals surface area contributed by atoms with Gasteiger partial charge in [-0.15, -0.1) is 0 Å². The number of carbonyl (C=O) groups excluding carboxylic acids is 1. The zero-order chi connectivity index (χ0) is 17.4. The third-order valence-electron chi connectivity index (χ3n) is 3.31. The van der Waals surface area contributed by atoms with E-state index in [9.17, 15) is 9.18 Å². The fourth-order valence-electron chi connectivity index (χ4n) is 2.23. The van der Waals surface area contributed by atoms with E-state index < -0.39 is 5.82 Å². The first-order valence-corrected chi connectivity index (χ1v) is 8.04. The van der Waals surface area contributed by atoms with Crippen molar-refractivity contribution in [1.82, 2.24) is 0 Å². The van der Waals surface area contributed by atoms with Gasteiger partial charge >= 0.3 is 0 Å². The van der Waals surface area contributed by atoms with Crippen molar-refractivity contribution in [3.63, 3.8) is 0 Å². The summed E-state index contributed by atoms with van der Waals surface area (Å²) in [5.41, 5.74) is 1.70. The zero-order valence-electron chi connectivity index (χ0n) is 14.0. The van der Waals surface area contributed by atoms with Crippen LogP contribution in [-0.2, 0) is 11.3 Å². The Balaban J connectivity index is 2.16. The minimum Gasteiger partial charge on any atom is -0.494 e. The number of benzene rings is 2. The van der Waals surface area contributed by atoms with Gasteiger partial charge < -0.3 is 14.8 Å². The number of ether oxygens (including phenoxy) is 2. The maximum Gasteiger partial charge on any atom is 0.255 e. The molecule has 0 fully saturated rings. The van der Waals surface area contributed by atoms with Crippen LogP contribution in [0.3, 0.4) is 0 Å². The normalized spacial score (nSPS) is 10.5. The van der Waals surface area contributed by atoms with E-state index in [1.54, 1.807) is 30.3 Å². The fourth-order valence-corrected chi connectivity index (χ4v) is 2.23. The molecular weight excluding hydrogens is 309 g/mol. The van der Waals surface area contributed by atoms with E-state index in [1.165, 1.54) is 12.1 Å². The molecule has 2 rings (SSSR count). The standard InChI is InChI=1S/C19H22FNO3/c1-3-10-23-13-15-11-14(8-9-18(15)24-4-2)19(22)21-17-7-5-6-16(20)12-17/h5-9,11-12H,3-4,10,13H2,1-2H3,(H,21,22). The van der Waals surface area contributed by atoms with Gasteiger partial charge in [0.05, 0.1) is 13.2 Å². The summed E-state index contributed by atoms with van der Waals surface area (Å²) < 4.78 is 24.3. The summed E-state index contributed by atoms with van der Waals surface area (Å²) in [5, 5.41) is 2.68. The Bertz CT molecular complexity index is 688. The van der Waals surface area contributed by atoms with Gasteiger partial charge in [0.1, 0.15) is 11.6 Å². The first-order valence-electron chi connectivity index (χ1n) is 8.04. The minimum atomic E-state index is -0.395. The summed E-state index contributed by atoms with van der Waals surface area (Å²) in [6.07, 6.45) is 0.920. The zero-order valence-corrected chi connectivity index (χ0v) is 14.0. The number of carbonyl (C=O) groups is 1. The van der Waals surface area contributed by atoms with E-state index in [0.29, 0.717) is 36.8 Å². The van der Waals surface area contributed by atoms with Gasteiger partial charge in [-0.3, -0.25) is 4.79 Å². The molecule has 5 heteroatoms. The van der Waals surface area contributed by atoms with Crippen LogP contribution in [0.2, 0.25) is 0 Å². The number of rotatable bonds is 8. The smallest absolute Gasteiger partial charge is 0.255 e. The maximum absolute atomic E-state index is 13.2.